The maximum absolute atomic E-state index is 12.4. The van der Waals surface area contributed by atoms with Gasteiger partial charge in [0.15, 0.2) is 0 Å². The van der Waals surface area contributed by atoms with Crippen molar-refractivity contribution in [1.29, 1.82) is 0 Å². The average Bonchev–Trinajstić information content (AvgIpc) is 3.16. The van der Waals surface area contributed by atoms with Gasteiger partial charge in [-0.1, -0.05) is 6.92 Å². The molecule has 5 nitrogen and oxygen atoms in total. The zero-order valence-corrected chi connectivity index (χ0v) is 13.4. The lowest BCUT2D eigenvalue weighted by Crippen LogP contribution is -2.41. The Morgan fingerprint density at radius 1 is 1.18 bits per heavy atom. The summed E-state index contributed by atoms with van der Waals surface area (Å²) in [6.45, 7) is 7.21. The van der Waals surface area contributed by atoms with Crippen LogP contribution in [0.25, 0.3) is 0 Å². The lowest BCUT2D eigenvalue weighted by Gasteiger charge is -2.24. The van der Waals surface area contributed by atoms with Crippen molar-refractivity contribution >= 4 is 5.91 Å². The highest BCUT2D eigenvalue weighted by atomic mass is 16.5. The number of amides is 1. The van der Waals surface area contributed by atoms with Crippen molar-refractivity contribution in [1.82, 2.24) is 9.80 Å². The van der Waals surface area contributed by atoms with Gasteiger partial charge in [0, 0.05) is 39.2 Å². The molecule has 1 unspecified atom stereocenters. The molecule has 22 heavy (non-hydrogen) atoms. The SMILES string of the molecule is CCc1ccc(CN2CCCN(C(=O)C3CCCO3)CC2)o1. The lowest BCUT2D eigenvalue weighted by atomic mass is 10.2. The first-order valence-corrected chi connectivity index (χ1v) is 8.46. The summed E-state index contributed by atoms with van der Waals surface area (Å²) in [7, 11) is 0. The molecule has 1 aromatic heterocycles. The first-order chi connectivity index (χ1) is 10.8. The van der Waals surface area contributed by atoms with E-state index in [1.165, 1.54) is 0 Å². The maximum Gasteiger partial charge on any atom is 0.251 e. The summed E-state index contributed by atoms with van der Waals surface area (Å²) in [5, 5.41) is 0. The average molecular weight is 306 g/mol. The van der Waals surface area contributed by atoms with Gasteiger partial charge in [0.05, 0.1) is 6.54 Å². The van der Waals surface area contributed by atoms with Crippen LogP contribution in [0.4, 0.5) is 0 Å². The van der Waals surface area contributed by atoms with Crippen LogP contribution in [0.3, 0.4) is 0 Å². The quantitative estimate of drug-likeness (QED) is 0.854. The first kappa shape index (κ1) is 15.6. The molecular formula is C17H26N2O3. The van der Waals surface area contributed by atoms with Crippen molar-refractivity contribution in [2.75, 3.05) is 32.8 Å². The van der Waals surface area contributed by atoms with E-state index < -0.39 is 0 Å². The number of aryl methyl sites for hydroxylation is 1. The standard InChI is InChI=1S/C17H26N2O3/c1-2-14-6-7-15(22-14)13-18-8-4-9-19(11-10-18)17(20)16-5-3-12-21-16/h6-7,16H,2-5,8-13H2,1H3. The van der Waals surface area contributed by atoms with Crippen molar-refractivity contribution in [2.24, 2.45) is 0 Å². The Bertz CT molecular complexity index is 494. The molecule has 122 valence electrons. The van der Waals surface area contributed by atoms with E-state index in [9.17, 15) is 4.79 Å². The number of rotatable bonds is 4. The van der Waals surface area contributed by atoms with Gasteiger partial charge in [-0.05, 0) is 31.4 Å². The molecule has 5 heteroatoms. The Balaban J connectivity index is 1.52. The van der Waals surface area contributed by atoms with Gasteiger partial charge in [0.2, 0.25) is 0 Å². The minimum Gasteiger partial charge on any atom is -0.465 e. The van der Waals surface area contributed by atoms with Crippen molar-refractivity contribution < 1.29 is 13.9 Å². The van der Waals surface area contributed by atoms with Crippen LogP contribution in [0.2, 0.25) is 0 Å². The van der Waals surface area contributed by atoms with Crippen molar-refractivity contribution in [3.8, 4) is 0 Å². The normalized spacial score (nSPS) is 23.7. The Morgan fingerprint density at radius 3 is 2.77 bits per heavy atom. The number of carbonyl (C=O) groups is 1. The van der Waals surface area contributed by atoms with Crippen LogP contribution in [0.1, 0.15) is 37.7 Å². The number of carbonyl (C=O) groups excluding carboxylic acids is 1. The van der Waals surface area contributed by atoms with Gasteiger partial charge in [-0.15, -0.1) is 0 Å². The molecule has 0 radical (unpaired) electrons. The van der Waals surface area contributed by atoms with Gasteiger partial charge >= 0.3 is 0 Å². The van der Waals surface area contributed by atoms with E-state index in [0.29, 0.717) is 0 Å². The summed E-state index contributed by atoms with van der Waals surface area (Å²) in [6.07, 6.45) is 3.65. The summed E-state index contributed by atoms with van der Waals surface area (Å²) in [6, 6.07) is 4.12. The molecule has 2 aliphatic rings. The van der Waals surface area contributed by atoms with E-state index in [1.54, 1.807) is 0 Å². The molecule has 2 saturated heterocycles. The molecule has 0 saturated carbocycles. The molecular weight excluding hydrogens is 280 g/mol. The molecule has 3 rings (SSSR count). The molecule has 0 aliphatic carbocycles. The fraction of sp³-hybridized carbons (Fsp3) is 0.706. The third-order valence-electron chi connectivity index (χ3n) is 4.55. The second-order valence-corrected chi connectivity index (χ2v) is 6.18. The molecule has 0 bridgehead atoms. The fourth-order valence-corrected chi connectivity index (χ4v) is 3.24. The van der Waals surface area contributed by atoms with E-state index in [1.807, 2.05) is 4.90 Å². The summed E-state index contributed by atoms with van der Waals surface area (Å²) in [4.78, 5) is 16.8. The Hall–Kier alpha value is -1.33. The second-order valence-electron chi connectivity index (χ2n) is 6.18. The summed E-state index contributed by atoms with van der Waals surface area (Å²) < 4.78 is 11.3. The van der Waals surface area contributed by atoms with Gasteiger partial charge < -0.3 is 14.1 Å². The van der Waals surface area contributed by atoms with Crippen molar-refractivity contribution in [3.63, 3.8) is 0 Å². The van der Waals surface area contributed by atoms with Gasteiger partial charge in [0.25, 0.3) is 5.91 Å². The van der Waals surface area contributed by atoms with E-state index in [-0.39, 0.29) is 12.0 Å². The molecule has 1 atom stereocenters. The molecule has 0 aromatic carbocycles. The number of ether oxygens (including phenoxy) is 1. The summed E-state index contributed by atoms with van der Waals surface area (Å²) in [5.74, 6) is 2.25. The second kappa shape index (κ2) is 7.29. The molecule has 0 spiro atoms. The highest BCUT2D eigenvalue weighted by Crippen LogP contribution is 2.17. The highest BCUT2D eigenvalue weighted by Gasteiger charge is 2.29. The maximum atomic E-state index is 12.4. The summed E-state index contributed by atoms with van der Waals surface area (Å²) in [5.41, 5.74) is 0. The smallest absolute Gasteiger partial charge is 0.251 e. The fourth-order valence-electron chi connectivity index (χ4n) is 3.24. The van der Waals surface area contributed by atoms with Crippen LogP contribution in [-0.4, -0.2) is 54.6 Å². The first-order valence-electron chi connectivity index (χ1n) is 8.46. The van der Waals surface area contributed by atoms with Crippen molar-refractivity contribution in [3.05, 3.63) is 23.7 Å². The van der Waals surface area contributed by atoms with Gasteiger partial charge in [-0.25, -0.2) is 0 Å². The third-order valence-corrected chi connectivity index (χ3v) is 4.55. The monoisotopic (exact) mass is 306 g/mol. The van der Waals surface area contributed by atoms with Crippen molar-refractivity contribution in [2.45, 2.75) is 45.3 Å². The number of hydrogen-bond acceptors (Lipinski definition) is 4. The molecule has 0 N–H and O–H groups in total. The topological polar surface area (TPSA) is 45.9 Å². The van der Waals surface area contributed by atoms with E-state index >= 15 is 0 Å². The lowest BCUT2D eigenvalue weighted by molar-refractivity contribution is -0.140. The summed E-state index contributed by atoms with van der Waals surface area (Å²) >= 11 is 0. The molecule has 2 fully saturated rings. The van der Waals surface area contributed by atoms with Gasteiger partial charge in [-0.3, -0.25) is 9.69 Å². The van der Waals surface area contributed by atoms with E-state index in [2.05, 4.69) is 24.0 Å². The zero-order chi connectivity index (χ0) is 15.4. The zero-order valence-electron chi connectivity index (χ0n) is 13.4. The Kier molecular flexibility index (Phi) is 5.16. The number of nitrogens with zero attached hydrogens (tertiary/aromatic N) is 2. The number of hydrogen-bond donors (Lipinski definition) is 0. The van der Waals surface area contributed by atoms with E-state index in [4.69, 9.17) is 9.15 Å². The molecule has 2 aliphatic heterocycles. The van der Waals surface area contributed by atoms with Crippen LogP contribution < -0.4 is 0 Å². The highest BCUT2D eigenvalue weighted by molar-refractivity contribution is 5.81. The van der Waals surface area contributed by atoms with Crippen LogP contribution >= 0.6 is 0 Å². The third kappa shape index (κ3) is 3.70. The predicted octanol–water partition coefficient (Wildman–Crippen LogP) is 2.06. The minimum absolute atomic E-state index is 0.186. The Morgan fingerprint density at radius 2 is 2.05 bits per heavy atom. The van der Waals surface area contributed by atoms with E-state index in [0.717, 1.165) is 76.5 Å². The van der Waals surface area contributed by atoms with Crippen LogP contribution in [0, 0.1) is 0 Å². The largest absolute Gasteiger partial charge is 0.465 e. The van der Waals surface area contributed by atoms with Gasteiger partial charge in [-0.2, -0.15) is 0 Å². The molecule has 3 heterocycles. The Labute approximate surface area is 132 Å². The van der Waals surface area contributed by atoms with Crippen LogP contribution in [0.5, 0.6) is 0 Å². The molecule has 1 aromatic rings. The van der Waals surface area contributed by atoms with Gasteiger partial charge in [0.1, 0.15) is 17.6 Å². The van der Waals surface area contributed by atoms with Crippen LogP contribution in [-0.2, 0) is 22.5 Å². The molecule has 1 amide bonds. The number of furan rings is 1. The predicted molar refractivity (Wildman–Crippen MR) is 83.5 cm³/mol. The minimum atomic E-state index is -0.191. The van der Waals surface area contributed by atoms with Crippen LogP contribution in [0.15, 0.2) is 16.5 Å².